The van der Waals surface area contributed by atoms with Crippen molar-refractivity contribution in [1.82, 2.24) is 4.98 Å². The zero-order valence-corrected chi connectivity index (χ0v) is 19.0. The quantitative estimate of drug-likeness (QED) is 0.553. The van der Waals surface area contributed by atoms with E-state index in [9.17, 15) is 9.59 Å². The van der Waals surface area contributed by atoms with Crippen LogP contribution in [0.25, 0.3) is 10.9 Å². The number of ether oxygens (including phenoxy) is 3. The van der Waals surface area contributed by atoms with Gasteiger partial charge in [-0.05, 0) is 18.6 Å². The molecular formula is C25H21ClN2O5. The SMILES string of the molecule is COc1cc(OC)c2c(c1Cl)OC1(C(=O)C=C(Nc3cccc4cccnc34)CC1C)C2=O. The van der Waals surface area contributed by atoms with Crippen LogP contribution in [0.1, 0.15) is 23.7 Å². The Bertz CT molecular complexity index is 1350. The lowest BCUT2D eigenvalue weighted by Gasteiger charge is -2.35. The highest BCUT2D eigenvalue weighted by molar-refractivity contribution is 6.36. The van der Waals surface area contributed by atoms with Gasteiger partial charge in [-0.3, -0.25) is 14.6 Å². The van der Waals surface area contributed by atoms with Gasteiger partial charge in [0.05, 0.1) is 25.4 Å². The van der Waals surface area contributed by atoms with Gasteiger partial charge >= 0.3 is 0 Å². The second kappa shape index (κ2) is 7.78. The number of halogens is 1. The Labute approximate surface area is 195 Å². The summed E-state index contributed by atoms with van der Waals surface area (Å²) in [6.07, 6.45) is 3.56. The highest BCUT2D eigenvalue weighted by Crippen LogP contribution is 2.53. The third-order valence-electron chi connectivity index (χ3n) is 6.24. The summed E-state index contributed by atoms with van der Waals surface area (Å²) in [5.41, 5.74) is 0.719. The Balaban J connectivity index is 1.53. The molecule has 2 aromatic carbocycles. The normalized spacial score (nSPS) is 21.6. The molecule has 0 saturated heterocycles. The van der Waals surface area contributed by atoms with Gasteiger partial charge in [-0.25, -0.2) is 0 Å². The lowest BCUT2D eigenvalue weighted by molar-refractivity contribution is -0.129. The molecule has 2 heterocycles. The van der Waals surface area contributed by atoms with Crippen LogP contribution in [0.4, 0.5) is 5.69 Å². The summed E-state index contributed by atoms with van der Waals surface area (Å²) >= 11 is 6.43. The van der Waals surface area contributed by atoms with Crippen LogP contribution in [0.15, 0.2) is 54.4 Å². The zero-order valence-electron chi connectivity index (χ0n) is 18.3. The lowest BCUT2D eigenvalue weighted by atomic mass is 9.74. The number of allylic oxidation sites excluding steroid dienone is 1. The van der Waals surface area contributed by atoms with E-state index < -0.39 is 23.1 Å². The van der Waals surface area contributed by atoms with Crippen LogP contribution in [-0.2, 0) is 4.79 Å². The minimum atomic E-state index is -1.70. The first-order chi connectivity index (χ1) is 15.9. The molecule has 1 aliphatic heterocycles. The average molecular weight is 465 g/mol. The second-order valence-corrected chi connectivity index (χ2v) is 8.49. The molecule has 0 radical (unpaired) electrons. The van der Waals surface area contributed by atoms with Crippen molar-refractivity contribution in [2.45, 2.75) is 18.9 Å². The van der Waals surface area contributed by atoms with Gasteiger partial charge in [-0.2, -0.15) is 0 Å². The number of nitrogens with one attached hydrogen (secondary N) is 1. The van der Waals surface area contributed by atoms with Crippen molar-refractivity contribution >= 4 is 39.8 Å². The molecule has 2 unspecified atom stereocenters. The van der Waals surface area contributed by atoms with Gasteiger partial charge in [0.15, 0.2) is 5.75 Å². The molecule has 0 bridgehead atoms. The van der Waals surface area contributed by atoms with Gasteiger partial charge in [-0.15, -0.1) is 0 Å². The molecule has 1 spiro atoms. The molecule has 1 aromatic heterocycles. The summed E-state index contributed by atoms with van der Waals surface area (Å²) < 4.78 is 16.7. The number of anilines is 1. The van der Waals surface area contributed by atoms with Crippen LogP contribution < -0.4 is 19.5 Å². The Morgan fingerprint density at radius 2 is 1.91 bits per heavy atom. The monoisotopic (exact) mass is 464 g/mol. The molecule has 3 aromatic rings. The molecular weight excluding hydrogens is 444 g/mol. The number of pyridine rings is 1. The van der Waals surface area contributed by atoms with Crippen LogP contribution >= 0.6 is 11.6 Å². The Hall–Kier alpha value is -3.58. The van der Waals surface area contributed by atoms with Gasteiger partial charge in [0.1, 0.15) is 22.1 Å². The topological polar surface area (TPSA) is 86.8 Å². The molecule has 0 saturated carbocycles. The fourth-order valence-corrected chi connectivity index (χ4v) is 4.86. The molecule has 5 rings (SSSR count). The number of benzene rings is 2. The van der Waals surface area contributed by atoms with Gasteiger partial charge in [0.25, 0.3) is 0 Å². The fourth-order valence-electron chi connectivity index (χ4n) is 4.59. The highest BCUT2D eigenvalue weighted by Gasteiger charge is 2.60. The standard InChI is InChI=1S/C25H21ClN2O5/c1-13-10-15(28-16-8-4-6-14-7-5-9-27-22(14)16)11-19(29)25(13)24(30)20-17(31-2)12-18(32-3)21(26)23(20)33-25/h4-9,11-13,28H,10H2,1-3H3. The predicted molar refractivity (Wildman–Crippen MR) is 124 cm³/mol. The largest absolute Gasteiger partial charge is 0.496 e. The summed E-state index contributed by atoms with van der Waals surface area (Å²) in [7, 11) is 2.89. The molecule has 1 aliphatic carbocycles. The second-order valence-electron chi connectivity index (χ2n) is 8.11. The summed E-state index contributed by atoms with van der Waals surface area (Å²) in [4.78, 5) is 31.5. The zero-order chi connectivity index (χ0) is 23.3. The first kappa shape index (κ1) is 21.3. The Morgan fingerprint density at radius 3 is 2.64 bits per heavy atom. The summed E-state index contributed by atoms with van der Waals surface area (Å²) in [6.45, 7) is 1.81. The number of carbonyl (C=O) groups is 2. The van der Waals surface area contributed by atoms with E-state index in [0.29, 0.717) is 17.9 Å². The van der Waals surface area contributed by atoms with E-state index in [1.54, 1.807) is 6.20 Å². The maximum Gasteiger partial charge on any atom is 0.236 e. The number of fused-ring (bicyclic) bond motifs is 2. The Morgan fingerprint density at radius 1 is 1.15 bits per heavy atom. The van der Waals surface area contributed by atoms with Crippen molar-refractivity contribution in [2.24, 2.45) is 5.92 Å². The van der Waals surface area contributed by atoms with E-state index in [-0.39, 0.29) is 22.1 Å². The number of para-hydroxylation sites is 1. The first-order valence-electron chi connectivity index (χ1n) is 10.4. The number of Topliss-reactive ketones (excluding diaryl/α,β-unsaturated/α-hetero) is 1. The molecule has 8 heteroatoms. The number of ketones is 2. The fraction of sp³-hybridized carbons (Fsp3) is 0.240. The molecule has 33 heavy (non-hydrogen) atoms. The number of rotatable bonds is 4. The lowest BCUT2D eigenvalue weighted by Crippen LogP contribution is -2.55. The number of aromatic nitrogens is 1. The minimum Gasteiger partial charge on any atom is -0.496 e. The Kier molecular flexibility index (Phi) is 5.01. The van der Waals surface area contributed by atoms with Gasteiger partial charge < -0.3 is 19.5 Å². The van der Waals surface area contributed by atoms with Crippen molar-refractivity contribution < 1.29 is 23.8 Å². The van der Waals surface area contributed by atoms with E-state index in [4.69, 9.17) is 25.8 Å². The molecule has 7 nitrogen and oxygen atoms in total. The smallest absolute Gasteiger partial charge is 0.236 e. The molecule has 2 atom stereocenters. The van der Waals surface area contributed by atoms with Crippen LogP contribution in [-0.4, -0.2) is 36.4 Å². The molecule has 168 valence electrons. The number of carbonyl (C=O) groups excluding carboxylic acids is 2. The number of methoxy groups -OCH3 is 2. The van der Waals surface area contributed by atoms with E-state index in [0.717, 1.165) is 16.6 Å². The van der Waals surface area contributed by atoms with Gasteiger partial charge in [0, 0.05) is 35.3 Å². The van der Waals surface area contributed by atoms with Crippen molar-refractivity contribution in [1.29, 1.82) is 0 Å². The third-order valence-corrected chi connectivity index (χ3v) is 6.60. The maximum atomic E-state index is 13.6. The highest BCUT2D eigenvalue weighted by atomic mass is 35.5. The number of hydrogen-bond acceptors (Lipinski definition) is 7. The van der Waals surface area contributed by atoms with Crippen molar-refractivity contribution in [3.05, 3.63) is 65.0 Å². The van der Waals surface area contributed by atoms with Crippen molar-refractivity contribution in [3.63, 3.8) is 0 Å². The third kappa shape index (κ3) is 3.07. The summed E-state index contributed by atoms with van der Waals surface area (Å²) in [5.74, 6) is -0.709. The van der Waals surface area contributed by atoms with Gasteiger partial charge in [-0.1, -0.05) is 36.7 Å². The van der Waals surface area contributed by atoms with E-state index in [1.165, 1.54) is 26.4 Å². The van der Waals surface area contributed by atoms with E-state index in [1.807, 2.05) is 37.3 Å². The first-order valence-corrected chi connectivity index (χ1v) is 10.8. The van der Waals surface area contributed by atoms with Gasteiger partial charge in [0.2, 0.25) is 17.2 Å². The van der Waals surface area contributed by atoms with Crippen LogP contribution in [0.2, 0.25) is 5.02 Å². The van der Waals surface area contributed by atoms with Crippen LogP contribution in [0.5, 0.6) is 17.2 Å². The molecule has 0 amide bonds. The summed E-state index contributed by atoms with van der Waals surface area (Å²) in [6, 6.07) is 11.2. The van der Waals surface area contributed by atoms with Crippen molar-refractivity contribution in [2.75, 3.05) is 19.5 Å². The molecule has 1 N–H and O–H groups in total. The van der Waals surface area contributed by atoms with Crippen LogP contribution in [0.3, 0.4) is 0 Å². The number of nitrogens with zero attached hydrogens (tertiary/aromatic N) is 1. The van der Waals surface area contributed by atoms with Crippen molar-refractivity contribution in [3.8, 4) is 17.2 Å². The number of hydrogen-bond donors (Lipinski definition) is 1. The minimum absolute atomic E-state index is 0.112. The molecule has 2 aliphatic rings. The molecule has 0 fully saturated rings. The van der Waals surface area contributed by atoms with Crippen LogP contribution in [0, 0.1) is 5.92 Å². The maximum absolute atomic E-state index is 13.6. The summed E-state index contributed by atoms with van der Waals surface area (Å²) in [5, 5.41) is 4.43. The average Bonchev–Trinajstić information content (AvgIpc) is 3.13. The van der Waals surface area contributed by atoms with E-state index >= 15 is 0 Å². The predicted octanol–water partition coefficient (Wildman–Crippen LogP) is 4.82. The van der Waals surface area contributed by atoms with E-state index in [2.05, 4.69) is 10.3 Å².